The Kier molecular flexibility index (Phi) is 6.43. The summed E-state index contributed by atoms with van der Waals surface area (Å²) in [7, 11) is -3.50. The Labute approximate surface area is 172 Å². The molecule has 0 aliphatic carbocycles. The first-order valence-corrected chi connectivity index (χ1v) is 11.1. The number of nitrogens with zero attached hydrogens (tertiary/aromatic N) is 1. The zero-order valence-electron chi connectivity index (χ0n) is 15.6. The highest BCUT2D eigenvalue weighted by molar-refractivity contribution is 7.90. The van der Waals surface area contributed by atoms with Crippen LogP contribution in [0.15, 0.2) is 59.5 Å². The van der Waals surface area contributed by atoms with Crippen LogP contribution < -0.4 is 5.32 Å². The Balaban J connectivity index is 0.00000225. The van der Waals surface area contributed by atoms with Gasteiger partial charge in [-0.2, -0.15) is 0 Å². The fourth-order valence-corrected chi connectivity index (χ4v) is 5.40. The number of halogens is 1. The van der Waals surface area contributed by atoms with Crippen molar-refractivity contribution in [1.29, 1.82) is 0 Å². The number of sulfone groups is 1. The maximum Gasteiger partial charge on any atom is 0.253 e. The van der Waals surface area contributed by atoms with Crippen molar-refractivity contribution in [1.82, 2.24) is 10.2 Å². The van der Waals surface area contributed by atoms with E-state index in [-0.39, 0.29) is 29.0 Å². The molecule has 7 heteroatoms. The molecule has 2 unspecified atom stereocenters. The van der Waals surface area contributed by atoms with Crippen molar-refractivity contribution in [2.75, 3.05) is 13.1 Å². The van der Waals surface area contributed by atoms with Gasteiger partial charge in [-0.25, -0.2) is 8.42 Å². The van der Waals surface area contributed by atoms with Crippen LogP contribution >= 0.6 is 12.4 Å². The minimum absolute atomic E-state index is 0. The maximum absolute atomic E-state index is 13.0. The molecule has 1 amide bonds. The lowest BCUT2D eigenvalue weighted by atomic mass is 10.1. The first kappa shape index (κ1) is 20.8. The average Bonchev–Trinajstić information content (AvgIpc) is 3.00. The largest absolute Gasteiger partial charge is 0.337 e. The van der Waals surface area contributed by atoms with E-state index in [4.69, 9.17) is 0 Å². The van der Waals surface area contributed by atoms with Crippen LogP contribution in [0.2, 0.25) is 0 Å². The van der Waals surface area contributed by atoms with Crippen molar-refractivity contribution >= 4 is 28.2 Å². The summed E-state index contributed by atoms with van der Waals surface area (Å²) in [6.45, 7) is 1.41. The van der Waals surface area contributed by atoms with E-state index in [0.29, 0.717) is 30.7 Å². The summed E-state index contributed by atoms with van der Waals surface area (Å²) in [6, 6.07) is 16.4. The number of carbonyl (C=O) groups excluding carboxylic acids is 1. The van der Waals surface area contributed by atoms with Crippen molar-refractivity contribution in [3.63, 3.8) is 0 Å². The van der Waals surface area contributed by atoms with Crippen LogP contribution in [0.1, 0.15) is 35.2 Å². The second-order valence-corrected chi connectivity index (χ2v) is 9.44. The highest BCUT2D eigenvalue weighted by atomic mass is 35.5. The first-order chi connectivity index (χ1) is 13.0. The molecule has 2 heterocycles. The van der Waals surface area contributed by atoms with E-state index in [1.54, 1.807) is 30.3 Å². The Morgan fingerprint density at radius 2 is 1.75 bits per heavy atom. The molecule has 2 fully saturated rings. The number of hydrogen-bond donors (Lipinski definition) is 1. The van der Waals surface area contributed by atoms with Gasteiger partial charge in [0.1, 0.15) is 0 Å². The van der Waals surface area contributed by atoms with Gasteiger partial charge >= 0.3 is 0 Å². The van der Waals surface area contributed by atoms with Gasteiger partial charge in [0, 0.05) is 30.7 Å². The van der Waals surface area contributed by atoms with Gasteiger partial charge in [-0.15, -0.1) is 12.4 Å². The molecule has 0 saturated carbocycles. The first-order valence-electron chi connectivity index (χ1n) is 9.43. The van der Waals surface area contributed by atoms with Crippen LogP contribution in [0.25, 0.3) is 0 Å². The molecule has 2 bridgehead atoms. The molecule has 150 valence electrons. The van der Waals surface area contributed by atoms with E-state index in [2.05, 4.69) is 5.32 Å². The second-order valence-electron chi connectivity index (χ2n) is 7.45. The Bertz CT molecular complexity index is 934. The third kappa shape index (κ3) is 4.57. The van der Waals surface area contributed by atoms with Crippen molar-refractivity contribution in [2.45, 2.75) is 42.0 Å². The van der Waals surface area contributed by atoms with Gasteiger partial charge in [0.25, 0.3) is 5.91 Å². The summed E-state index contributed by atoms with van der Waals surface area (Å²) < 4.78 is 25.6. The highest BCUT2D eigenvalue weighted by Crippen LogP contribution is 2.23. The molecule has 4 rings (SSSR count). The molecule has 28 heavy (non-hydrogen) atoms. The molecule has 2 aromatic carbocycles. The van der Waals surface area contributed by atoms with Gasteiger partial charge in [0.2, 0.25) is 0 Å². The number of likely N-dealkylation sites (tertiary alicyclic amines) is 1. The van der Waals surface area contributed by atoms with Crippen molar-refractivity contribution in [3.05, 3.63) is 65.7 Å². The molecule has 5 nitrogen and oxygen atoms in total. The molecule has 2 aliphatic heterocycles. The molecule has 2 aliphatic rings. The van der Waals surface area contributed by atoms with Gasteiger partial charge in [-0.3, -0.25) is 4.79 Å². The third-order valence-electron chi connectivity index (χ3n) is 5.45. The third-order valence-corrected chi connectivity index (χ3v) is 7.14. The quantitative estimate of drug-likeness (QED) is 0.825. The summed E-state index contributed by atoms with van der Waals surface area (Å²) >= 11 is 0. The molecular weight excluding hydrogens is 396 g/mol. The van der Waals surface area contributed by atoms with Gasteiger partial charge in [0.15, 0.2) is 9.84 Å². The van der Waals surface area contributed by atoms with Crippen molar-refractivity contribution in [2.24, 2.45) is 0 Å². The smallest absolute Gasteiger partial charge is 0.253 e. The van der Waals surface area contributed by atoms with Gasteiger partial charge < -0.3 is 10.2 Å². The predicted molar refractivity (Wildman–Crippen MR) is 111 cm³/mol. The number of hydrogen-bond acceptors (Lipinski definition) is 4. The molecule has 0 radical (unpaired) electrons. The van der Waals surface area contributed by atoms with Crippen LogP contribution in [-0.4, -0.2) is 44.4 Å². The van der Waals surface area contributed by atoms with Crippen LogP contribution in [0.3, 0.4) is 0 Å². The van der Waals surface area contributed by atoms with Crippen LogP contribution in [-0.2, 0) is 15.6 Å². The van der Waals surface area contributed by atoms with E-state index in [9.17, 15) is 13.2 Å². The average molecular weight is 421 g/mol. The van der Waals surface area contributed by atoms with E-state index in [0.717, 1.165) is 18.4 Å². The minimum Gasteiger partial charge on any atom is -0.337 e. The van der Waals surface area contributed by atoms with Gasteiger partial charge in [0.05, 0.1) is 10.6 Å². The van der Waals surface area contributed by atoms with Crippen molar-refractivity contribution in [3.8, 4) is 0 Å². The van der Waals surface area contributed by atoms with E-state index < -0.39 is 9.84 Å². The topological polar surface area (TPSA) is 66.5 Å². The lowest BCUT2D eigenvalue weighted by Gasteiger charge is -2.24. The monoisotopic (exact) mass is 420 g/mol. The van der Waals surface area contributed by atoms with Crippen LogP contribution in [0.5, 0.6) is 0 Å². The summed E-state index contributed by atoms with van der Waals surface area (Å²) in [5, 5.41) is 3.56. The Hall–Kier alpha value is -1.89. The summed E-state index contributed by atoms with van der Waals surface area (Å²) in [5.74, 6) is -0.149. The molecule has 2 atom stereocenters. The molecule has 2 saturated heterocycles. The summed E-state index contributed by atoms with van der Waals surface area (Å²) in [5.41, 5.74) is 1.19. The SMILES string of the molecule is Cl.O=C(c1cccc(S(=O)(=O)Cc2ccccc2)c1)N1CCC2CCC(C1)N2. The maximum atomic E-state index is 13.0. The summed E-state index contributed by atoms with van der Waals surface area (Å²) in [6.07, 6.45) is 3.23. The number of amides is 1. The fraction of sp³-hybridized carbons (Fsp3) is 0.381. The van der Waals surface area contributed by atoms with E-state index >= 15 is 0 Å². The zero-order valence-corrected chi connectivity index (χ0v) is 17.2. The minimum atomic E-state index is -3.50. The lowest BCUT2D eigenvalue weighted by molar-refractivity contribution is 0.0748. The summed E-state index contributed by atoms with van der Waals surface area (Å²) in [4.78, 5) is 15.0. The van der Waals surface area contributed by atoms with Gasteiger partial charge in [-0.05, 0) is 43.0 Å². The zero-order chi connectivity index (χ0) is 18.9. The highest BCUT2D eigenvalue weighted by Gasteiger charge is 2.31. The second kappa shape index (κ2) is 8.64. The fourth-order valence-electron chi connectivity index (χ4n) is 4.01. The molecule has 2 aromatic rings. The van der Waals surface area contributed by atoms with Crippen LogP contribution in [0, 0.1) is 0 Å². The van der Waals surface area contributed by atoms with E-state index in [1.165, 1.54) is 12.5 Å². The standard InChI is InChI=1S/C21H24N2O3S.ClH/c24-21(23-12-11-18-9-10-19(14-23)22-18)17-7-4-8-20(13-17)27(25,26)15-16-5-2-1-3-6-16;/h1-8,13,18-19,22H,9-12,14-15H2;1H. The van der Waals surface area contributed by atoms with Crippen molar-refractivity contribution < 1.29 is 13.2 Å². The number of benzene rings is 2. The molecule has 0 spiro atoms. The predicted octanol–water partition coefficient (Wildman–Crippen LogP) is 3.05. The van der Waals surface area contributed by atoms with Crippen LogP contribution in [0.4, 0.5) is 0 Å². The molecule has 1 N–H and O–H groups in total. The number of fused-ring (bicyclic) bond motifs is 2. The molecule has 0 aromatic heterocycles. The Morgan fingerprint density at radius 1 is 1.00 bits per heavy atom. The Morgan fingerprint density at radius 3 is 2.54 bits per heavy atom. The van der Waals surface area contributed by atoms with E-state index in [1.807, 2.05) is 23.1 Å². The normalized spacial score (nSPS) is 21.6. The number of carbonyl (C=O) groups is 1. The van der Waals surface area contributed by atoms with Gasteiger partial charge in [-0.1, -0.05) is 36.4 Å². The molecular formula is C21H25ClN2O3S. The number of rotatable bonds is 4. The number of nitrogens with one attached hydrogen (secondary N) is 1. The lowest BCUT2D eigenvalue weighted by Crippen LogP contribution is -2.39.